The summed E-state index contributed by atoms with van der Waals surface area (Å²) in [7, 11) is 1.24. The molecule has 7 nitrogen and oxygen atoms in total. The molecule has 110 valence electrons. The summed E-state index contributed by atoms with van der Waals surface area (Å²) in [5.74, 6) is -0.558. The number of carbonyl (C=O) groups excluding carboxylic acids is 1. The number of aromatic nitrogens is 2. The van der Waals surface area contributed by atoms with Crippen molar-refractivity contribution in [3.8, 4) is 0 Å². The predicted octanol–water partition coefficient (Wildman–Crippen LogP) is 0.661. The molecule has 0 bridgehead atoms. The Kier molecular flexibility index (Phi) is 4.97. The standard InChI is InChI=1S/C12H16ClN3O4/c1-19-10(17)6-16-12(18)11(13)9(5-14-16)15-8-3-2-4-20-7-8/h5,8,15H,2-4,6-7H2,1H3. The predicted molar refractivity (Wildman–Crippen MR) is 73.0 cm³/mol. The van der Waals surface area contributed by atoms with E-state index in [1.807, 2.05) is 0 Å². The first-order valence-electron chi connectivity index (χ1n) is 6.28. The van der Waals surface area contributed by atoms with E-state index in [0.29, 0.717) is 12.3 Å². The average molecular weight is 302 g/mol. The SMILES string of the molecule is COC(=O)Cn1ncc(NC2CCCOC2)c(Cl)c1=O. The Hall–Kier alpha value is -1.60. The molecule has 1 atom stereocenters. The van der Waals surface area contributed by atoms with E-state index in [0.717, 1.165) is 24.1 Å². The van der Waals surface area contributed by atoms with E-state index in [2.05, 4.69) is 15.2 Å². The zero-order valence-electron chi connectivity index (χ0n) is 11.1. The van der Waals surface area contributed by atoms with Crippen molar-refractivity contribution in [2.24, 2.45) is 0 Å². The van der Waals surface area contributed by atoms with Gasteiger partial charge >= 0.3 is 5.97 Å². The van der Waals surface area contributed by atoms with Crippen molar-refractivity contribution >= 4 is 23.3 Å². The summed E-state index contributed by atoms with van der Waals surface area (Å²) < 4.78 is 10.8. The molecule has 1 unspecified atom stereocenters. The van der Waals surface area contributed by atoms with Crippen LogP contribution in [0, 0.1) is 0 Å². The first kappa shape index (κ1) is 14.8. The maximum atomic E-state index is 12.0. The van der Waals surface area contributed by atoms with Gasteiger partial charge in [-0.05, 0) is 12.8 Å². The topological polar surface area (TPSA) is 82.5 Å². The third kappa shape index (κ3) is 3.49. The highest BCUT2D eigenvalue weighted by Crippen LogP contribution is 2.19. The summed E-state index contributed by atoms with van der Waals surface area (Å²) >= 11 is 6.02. The van der Waals surface area contributed by atoms with Gasteiger partial charge in [0, 0.05) is 12.6 Å². The highest BCUT2D eigenvalue weighted by atomic mass is 35.5. The van der Waals surface area contributed by atoms with E-state index in [4.69, 9.17) is 16.3 Å². The molecule has 0 aromatic carbocycles. The quantitative estimate of drug-likeness (QED) is 0.823. The molecule has 20 heavy (non-hydrogen) atoms. The van der Waals surface area contributed by atoms with Gasteiger partial charge in [-0.15, -0.1) is 0 Å². The Morgan fingerprint density at radius 1 is 1.70 bits per heavy atom. The molecule has 1 aromatic heterocycles. The number of carbonyl (C=O) groups is 1. The van der Waals surface area contributed by atoms with Crippen LogP contribution in [0.2, 0.25) is 5.02 Å². The van der Waals surface area contributed by atoms with Crippen LogP contribution in [0.3, 0.4) is 0 Å². The molecule has 1 fully saturated rings. The summed E-state index contributed by atoms with van der Waals surface area (Å²) in [6, 6.07) is 0.110. The van der Waals surface area contributed by atoms with E-state index in [-0.39, 0.29) is 17.6 Å². The molecule has 8 heteroatoms. The van der Waals surface area contributed by atoms with Gasteiger partial charge in [0.25, 0.3) is 5.56 Å². The number of esters is 1. The lowest BCUT2D eigenvalue weighted by atomic mass is 10.1. The van der Waals surface area contributed by atoms with Crippen LogP contribution in [0.4, 0.5) is 5.69 Å². The molecule has 0 amide bonds. The Bertz CT molecular complexity index is 540. The van der Waals surface area contributed by atoms with Crippen molar-refractivity contribution in [2.75, 3.05) is 25.6 Å². The fourth-order valence-corrected chi connectivity index (χ4v) is 2.14. The molecule has 2 heterocycles. The summed E-state index contributed by atoms with van der Waals surface area (Å²) in [6.45, 7) is 1.06. The maximum absolute atomic E-state index is 12.0. The van der Waals surface area contributed by atoms with Crippen LogP contribution < -0.4 is 10.9 Å². The lowest BCUT2D eigenvalue weighted by Crippen LogP contribution is -2.32. The number of nitrogens with one attached hydrogen (secondary N) is 1. The molecule has 1 N–H and O–H groups in total. The second-order valence-corrected chi connectivity index (χ2v) is 4.85. The monoisotopic (exact) mass is 301 g/mol. The number of nitrogens with zero attached hydrogens (tertiary/aromatic N) is 2. The van der Waals surface area contributed by atoms with Crippen molar-refractivity contribution in [2.45, 2.75) is 25.4 Å². The lowest BCUT2D eigenvalue weighted by Gasteiger charge is -2.24. The Morgan fingerprint density at radius 3 is 3.15 bits per heavy atom. The van der Waals surface area contributed by atoms with Gasteiger partial charge < -0.3 is 14.8 Å². The highest BCUT2D eigenvalue weighted by Gasteiger charge is 2.17. The number of rotatable bonds is 4. The van der Waals surface area contributed by atoms with E-state index in [9.17, 15) is 9.59 Å². The minimum absolute atomic E-state index is 0.00877. The number of hydrogen-bond acceptors (Lipinski definition) is 6. The molecule has 1 aliphatic heterocycles. The summed E-state index contributed by atoms with van der Waals surface area (Å²) in [4.78, 5) is 23.1. The third-order valence-electron chi connectivity index (χ3n) is 3.01. The normalized spacial score (nSPS) is 18.6. The van der Waals surface area contributed by atoms with Gasteiger partial charge in [-0.3, -0.25) is 9.59 Å². The molecule has 0 radical (unpaired) electrons. The van der Waals surface area contributed by atoms with Crippen molar-refractivity contribution in [3.05, 3.63) is 21.6 Å². The van der Waals surface area contributed by atoms with Crippen LogP contribution in [0.15, 0.2) is 11.0 Å². The minimum Gasteiger partial charge on any atom is -0.468 e. The van der Waals surface area contributed by atoms with Crippen LogP contribution in [0.25, 0.3) is 0 Å². The zero-order valence-corrected chi connectivity index (χ0v) is 11.9. The number of hydrogen-bond donors (Lipinski definition) is 1. The summed E-state index contributed by atoms with van der Waals surface area (Å²) in [6.07, 6.45) is 3.34. The minimum atomic E-state index is -0.558. The third-order valence-corrected chi connectivity index (χ3v) is 3.38. The van der Waals surface area contributed by atoms with Gasteiger partial charge in [0.1, 0.15) is 11.6 Å². The number of halogens is 1. The van der Waals surface area contributed by atoms with Gasteiger partial charge in [0.2, 0.25) is 0 Å². The molecule has 0 spiro atoms. The Morgan fingerprint density at radius 2 is 2.50 bits per heavy atom. The first-order chi connectivity index (χ1) is 9.61. The zero-order chi connectivity index (χ0) is 14.5. The fourth-order valence-electron chi connectivity index (χ4n) is 1.94. The van der Waals surface area contributed by atoms with E-state index in [1.165, 1.54) is 13.3 Å². The molecule has 1 aromatic rings. The second kappa shape index (κ2) is 6.71. The van der Waals surface area contributed by atoms with Crippen LogP contribution in [0.5, 0.6) is 0 Å². The van der Waals surface area contributed by atoms with Crippen LogP contribution >= 0.6 is 11.6 Å². The largest absolute Gasteiger partial charge is 0.468 e. The summed E-state index contributed by atoms with van der Waals surface area (Å²) in [5, 5.41) is 7.05. The first-order valence-corrected chi connectivity index (χ1v) is 6.66. The van der Waals surface area contributed by atoms with Crippen molar-refractivity contribution in [1.29, 1.82) is 0 Å². The smallest absolute Gasteiger partial charge is 0.327 e. The Labute approximate surface area is 120 Å². The number of anilines is 1. The molecule has 2 rings (SSSR count). The molecule has 1 aliphatic rings. The van der Waals surface area contributed by atoms with Crippen molar-refractivity contribution < 1.29 is 14.3 Å². The van der Waals surface area contributed by atoms with Crippen molar-refractivity contribution in [3.63, 3.8) is 0 Å². The van der Waals surface area contributed by atoms with Crippen molar-refractivity contribution in [1.82, 2.24) is 9.78 Å². The second-order valence-electron chi connectivity index (χ2n) is 4.47. The van der Waals surface area contributed by atoms with Crippen LogP contribution in [0.1, 0.15) is 12.8 Å². The average Bonchev–Trinajstić information content (AvgIpc) is 2.48. The highest BCUT2D eigenvalue weighted by molar-refractivity contribution is 6.32. The van der Waals surface area contributed by atoms with Gasteiger partial charge in [0.15, 0.2) is 0 Å². The van der Waals surface area contributed by atoms with Crippen LogP contribution in [-0.4, -0.2) is 42.1 Å². The fraction of sp³-hybridized carbons (Fsp3) is 0.583. The molecular weight excluding hydrogens is 286 g/mol. The van der Waals surface area contributed by atoms with Gasteiger partial charge in [-0.2, -0.15) is 5.10 Å². The Balaban J connectivity index is 2.13. The number of methoxy groups -OCH3 is 1. The van der Waals surface area contributed by atoms with E-state index >= 15 is 0 Å². The van der Waals surface area contributed by atoms with E-state index < -0.39 is 11.5 Å². The van der Waals surface area contributed by atoms with Gasteiger partial charge in [-0.1, -0.05) is 11.6 Å². The van der Waals surface area contributed by atoms with E-state index in [1.54, 1.807) is 0 Å². The van der Waals surface area contributed by atoms with Gasteiger partial charge in [-0.25, -0.2) is 4.68 Å². The molecule has 0 saturated carbocycles. The van der Waals surface area contributed by atoms with Gasteiger partial charge in [0.05, 0.1) is 25.6 Å². The summed E-state index contributed by atoms with van der Waals surface area (Å²) in [5.41, 5.74) is -0.0768. The number of ether oxygens (including phenoxy) is 2. The molecule has 1 saturated heterocycles. The maximum Gasteiger partial charge on any atom is 0.327 e. The van der Waals surface area contributed by atoms with Crippen LogP contribution in [-0.2, 0) is 20.8 Å². The lowest BCUT2D eigenvalue weighted by molar-refractivity contribution is -0.141. The molecular formula is C12H16ClN3O4. The molecule has 0 aliphatic carbocycles.